The molecule has 0 spiro atoms. The normalized spacial score (nSPS) is 11.5. The molecule has 0 fully saturated rings. The molecule has 15 nitrogen and oxygen atoms in total. The van der Waals surface area contributed by atoms with E-state index in [4.69, 9.17) is 31.3 Å². The zero-order chi connectivity index (χ0) is 52.5. The molecular formula is C59H50F2N10O5. The summed E-state index contributed by atoms with van der Waals surface area (Å²) < 4.78 is 37.3. The molecule has 76 heavy (non-hydrogen) atoms. The highest BCUT2D eigenvalue weighted by Crippen LogP contribution is 2.41. The van der Waals surface area contributed by atoms with Crippen molar-refractivity contribution in [3.05, 3.63) is 180 Å². The lowest BCUT2D eigenvalue weighted by Crippen LogP contribution is -2.17. The van der Waals surface area contributed by atoms with Crippen molar-refractivity contribution in [2.24, 2.45) is 11.5 Å². The van der Waals surface area contributed by atoms with E-state index in [0.29, 0.717) is 82.3 Å². The summed E-state index contributed by atoms with van der Waals surface area (Å²) in [6.45, 7) is 1.54. The number of ether oxygens (including phenoxy) is 1. The number of nitrogens with one attached hydrogen (secondary N) is 4. The van der Waals surface area contributed by atoms with Crippen LogP contribution in [0.15, 0.2) is 158 Å². The Labute approximate surface area is 432 Å². The number of hydrogen-bond acceptors (Lipinski definition) is 9. The number of primary amides is 2. The maximum Gasteiger partial charge on any atom is 0.250 e. The second-order valence-electron chi connectivity index (χ2n) is 18.1. The van der Waals surface area contributed by atoms with Crippen molar-refractivity contribution in [1.29, 1.82) is 0 Å². The SMILES string of the molecule is NC(=O)c1ccc(-n2c3ccccc3c3c(-c4nc5ccc(F)cc5[nH]4)cccc32)cc1NCCCO.NC(=O)c1ccc(-n2c3ccccc3c3c(-c4nc5ccc(F)cc5[nH]4)cccc32)cc1NCCOCCO. The first kappa shape index (κ1) is 48.8. The molecule has 0 saturated heterocycles. The van der Waals surface area contributed by atoms with Crippen LogP contribution in [0.3, 0.4) is 0 Å². The van der Waals surface area contributed by atoms with E-state index in [1.54, 1.807) is 24.3 Å². The molecule has 0 saturated carbocycles. The molecule has 0 unspecified atom stereocenters. The zero-order valence-corrected chi connectivity index (χ0v) is 40.8. The second-order valence-corrected chi connectivity index (χ2v) is 18.1. The third-order valence-electron chi connectivity index (χ3n) is 13.3. The number of H-pyrrole nitrogens is 2. The van der Waals surface area contributed by atoms with E-state index >= 15 is 0 Å². The van der Waals surface area contributed by atoms with E-state index in [1.165, 1.54) is 24.3 Å². The standard InChI is InChI=1S/C30H26FN5O3.C29H24FN5O2/c31-18-8-11-23-25(16-18)35-30(34-23)22-5-3-7-27-28(22)21-4-1-2-6-26(21)36(27)19-9-10-20(29(32)38)24(17-19)33-12-14-39-15-13-37;30-17-9-12-22-24(15-17)34-29(33-22)21-6-3-8-26-27(21)20-5-1-2-7-25(20)35(26)18-10-11-19(28(31)37)23(16-18)32-13-4-14-36/h1-11,16-17,33,37H,12-15H2,(H2,32,38)(H,34,35);1-3,5-12,15-16,32,36H,4,13-14H2,(H2,31,37)(H,33,34). The number of imidazole rings is 2. The van der Waals surface area contributed by atoms with Crippen LogP contribution in [0.25, 0.3) is 99.8 Å². The molecule has 17 heteroatoms. The number of amides is 2. The minimum Gasteiger partial charge on any atom is -0.396 e. The molecule has 4 aromatic heterocycles. The van der Waals surface area contributed by atoms with Gasteiger partial charge in [-0.05, 0) is 103 Å². The largest absolute Gasteiger partial charge is 0.396 e. The minimum atomic E-state index is -0.536. The fourth-order valence-electron chi connectivity index (χ4n) is 10.00. The van der Waals surface area contributed by atoms with E-state index in [1.807, 2.05) is 97.1 Å². The lowest BCUT2D eigenvalue weighted by atomic mass is 10.1. The van der Waals surface area contributed by atoms with Crippen LogP contribution in [-0.4, -0.2) is 90.6 Å². The summed E-state index contributed by atoms with van der Waals surface area (Å²) in [6, 6.07) is 48.2. The first-order chi connectivity index (χ1) is 37.1. The Bertz CT molecular complexity index is 4180. The summed E-state index contributed by atoms with van der Waals surface area (Å²) in [4.78, 5) is 40.2. The third kappa shape index (κ3) is 9.19. The molecule has 12 rings (SSSR count). The van der Waals surface area contributed by atoms with Gasteiger partial charge < -0.3 is 56.2 Å². The fourth-order valence-corrected chi connectivity index (χ4v) is 10.00. The summed E-state index contributed by atoms with van der Waals surface area (Å²) in [5.41, 5.74) is 23.3. The number of aliphatic hydroxyl groups excluding tert-OH is 2. The van der Waals surface area contributed by atoms with Gasteiger partial charge in [-0.2, -0.15) is 0 Å². The Morgan fingerprint density at radius 3 is 1.49 bits per heavy atom. The topological polar surface area (TPSA) is 227 Å². The van der Waals surface area contributed by atoms with Crippen molar-refractivity contribution in [2.45, 2.75) is 6.42 Å². The summed E-state index contributed by atoms with van der Waals surface area (Å²) in [6.07, 6.45) is 0.544. The van der Waals surface area contributed by atoms with Gasteiger partial charge >= 0.3 is 0 Å². The van der Waals surface area contributed by atoms with Gasteiger partial charge in [-0.15, -0.1) is 0 Å². The fraction of sp³-hybridized carbons (Fsp3) is 0.119. The van der Waals surface area contributed by atoms with Crippen molar-refractivity contribution < 1.29 is 33.3 Å². The smallest absolute Gasteiger partial charge is 0.250 e. The predicted molar refractivity (Wildman–Crippen MR) is 295 cm³/mol. The van der Waals surface area contributed by atoms with Crippen molar-refractivity contribution in [3.63, 3.8) is 0 Å². The molecule has 0 bridgehead atoms. The number of carbonyl (C=O) groups excluding carboxylic acids is 2. The van der Waals surface area contributed by atoms with Gasteiger partial charge in [0.05, 0.1) is 75.1 Å². The first-order valence-electron chi connectivity index (χ1n) is 24.6. The van der Waals surface area contributed by atoms with Crippen LogP contribution in [0.4, 0.5) is 20.2 Å². The highest BCUT2D eigenvalue weighted by molar-refractivity contribution is 6.17. The number of benzene rings is 8. The number of fused-ring (bicyclic) bond motifs is 8. The van der Waals surface area contributed by atoms with Gasteiger partial charge in [0.25, 0.3) is 11.8 Å². The molecule has 4 heterocycles. The van der Waals surface area contributed by atoms with Gasteiger partial charge in [-0.3, -0.25) is 9.59 Å². The maximum absolute atomic E-state index is 13.8. The van der Waals surface area contributed by atoms with Crippen molar-refractivity contribution in [1.82, 2.24) is 29.1 Å². The number of halogens is 2. The average Bonchev–Trinajstić information content (AvgIpc) is 4.26. The van der Waals surface area contributed by atoms with E-state index in [0.717, 1.165) is 66.1 Å². The highest BCUT2D eigenvalue weighted by atomic mass is 19.1. The average molecular weight is 1020 g/mol. The molecule has 0 aliphatic carbocycles. The minimum absolute atomic E-state index is 0.0443. The van der Waals surface area contributed by atoms with E-state index in [9.17, 15) is 23.5 Å². The number of rotatable bonds is 16. The molecule has 380 valence electrons. The highest BCUT2D eigenvalue weighted by Gasteiger charge is 2.22. The lowest BCUT2D eigenvalue weighted by molar-refractivity contribution is 0.0987. The monoisotopic (exact) mass is 1020 g/mol. The number of aromatic amines is 2. The number of hydrogen-bond donors (Lipinski definition) is 8. The van der Waals surface area contributed by atoms with Crippen LogP contribution in [0.2, 0.25) is 0 Å². The number of carbonyl (C=O) groups is 2. The van der Waals surface area contributed by atoms with Gasteiger partial charge in [-0.25, -0.2) is 18.7 Å². The molecule has 12 aromatic rings. The molecule has 2 amide bonds. The maximum atomic E-state index is 13.8. The molecule has 0 radical (unpaired) electrons. The van der Waals surface area contributed by atoms with E-state index < -0.39 is 11.8 Å². The Hall–Kier alpha value is -9.42. The Balaban J connectivity index is 0.000000162. The van der Waals surface area contributed by atoms with Gasteiger partial charge in [0.1, 0.15) is 23.3 Å². The van der Waals surface area contributed by atoms with Crippen LogP contribution >= 0.6 is 0 Å². The molecule has 0 aliphatic heterocycles. The molecule has 0 aliphatic rings. The van der Waals surface area contributed by atoms with Crippen molar-refractivity contribution in [2.75, 3.05) is 50.2 Å². The van der Waals surface area contributed by atoms with Crippen molar-refractivity contribution >= 4 is 88.9 Å². The summed E-state index contributed by atoms with van der Waals surface area (Å²) in [5, 5.41) is 28.6. The van der Waals surface area contributed by atoms with Gasteiger partial charge in [0, 0.05) is 75.1 Å². The Morgan fingerprint density at radius 1 is 0.539 bits per heavy atom. The number of nitrogens with zero attached hydrogens (tertiary/aromatic N) is 4. The summed E-state index contributed by atoms with van der Waals surface area (Å²) in [7, 11) is 0. The first-order valence-corrected chi connectivity index (χ1v) is 24.6. The number of nitrogens with two attached hydrogens (primary N) is 2. The van der Waals surface area contributed by atoms with Crippen molar-refractivity contribution in [3.8, 4) is 34.2 Å². The van der Waals surface area contributed by atoms with Crippen LogP contribution < -0.4 is 22.1 Å². The zero-order valence-electron chi connectivity index (χ0n) is 40.8. The lowest BCUT2D eigenvalue weighted by Gasteiger charge is -2.14. The van der Waals surface area contributed by atoms with E-state index in [2.05, 4.69) is 41.9 Å². The third-order valence-corrected chi connectivity index (χ3v) is 13.3. The number of para-hydroxylation sites is 2. The molecule has 10 N–H and O–H groups in total. The number of aromatic nitrogens is 6. The number of aliphatic hydroxyl groups is 2. The van der Waals surface area contributed by atoms with Crippen LogP contribution in [-0.2, 0) is 4.74 Å². The van der Waals surface area contributed by atoms with Crippen LogP contribution in [0.1, 0.15) is 27.1 Å². The molecular weight excluding hydrogens is 967 g/mol. The summed E-state index contributed by atoms with van der Waals surface area (Å²) in [5.74, 6) is -0.394. The van der Waals surface area contributed by atoms with E-state index in [-0.39, 0.29) is 31.5 Å². The van der Waals surface area contributed by atoms with Gasteiger partial charge in [0.15, 0.2) is 0 Å². The Morgan fingerprint density at radius 2 is 1.01 bits per heavy atom. The van der Waals surface area contributed by atoms with Gasteiger partial charge in [0.2, 0.25) is 0 Å². The molecule has 8 aromatic carbocycles. The number of anilines is 2. The summed E-state index contributed by atoms with van der Waals surface area (Å²) >= 11 is 0. The molecule has 0 atom stereocenters. The Kier molecular flexibility index (Phi) is 13.4. The van der Waals surface area contributed by atoms with Crippen LogP contribution in [0.5, 0.6) is 0 Å². The van der Waals surface area contributed by atoms with Gasteiger partial charge in [-0.1, -0.05) is 60.7 Å². The second kappa shape index (κ2) is 20.8. The predicted octanol–water partition coefficient (Wildman–Crippen LogP) is 10.3. The quantitative estimate of drug-likeness (QED) is 0.0430. The van der Waals surface area contributed by atoms with Crippen LogP contribution in [0, 0.1) is 11.6 Å².